The van der Waals surface area contributed by atoms with Crippen molar-refractivity contribution < 1.29 is 19.2 Å². The lowest BCUT2D eigenvalue weighted by Crippen LogP contribution is -2.40. The molecule has 132 valence electrons. The van der Waals surface area contributed by atoms with Gasteiger partial charge in [0.15, 0.2) is 0 Å². The number of nitro groups is 1. The maximum Gasteiger partial charge on any atom is 0.328 e. The number of nitrogens with zero attached hydrogens (tertiary/aromatic N) is 2. The Hall–Kier alpha value is -2.64. The quantitative estimate of drug-likeness (QED) is 0.502. The first-order valence-electron chi connectivity index (χ1n) is 7.44. The van der Waals surface area contributed by atoms with Gasteiger partial charge in [-0.25, -0.2) is 4.79 Å². The summed E-state index contributed by atoms with van der Waals surface area (Å²) in [5.41, 5.74) is -0.507. The average Bonchev–Trinajstić information content (AvgIpc) is 2.50. The molecule has 0 bridgehead atoms. The molecular formula is C16H23N3O5. The molecule has 0 saturated heterocycles. The van der Waals surface area contributed by atoms with Gasteiger partial charge >= 0.3 is 5.97 Å². The van der Waals surface area contributed by atoms with E-state index in [4.69, 9.17) is 4.74 Å². The number of hydrogen-bond donors (Lipinski definition) is 1. The van der Waals surface area contributed by atoms with Gasteiger partial charge in [0.1, 0.15) is 17.3 Å². The standard InChI is InChI=1S/C16H23N3O5/c1-10(15(21)24-16(2,3)4)18(6)12-8-7-11(14(20)17-5)9-13(12)19(22)23/h7-10H,1-6H3,(H,17,20)/t10-/m1/s1. The molecule has 1 N–H and O–H groups in total. The van der Waals surface area contributed by atoms with Gasteiger partial charge in [0.25, 0.3) is 11.6 Å². The Morgan fingerprint density at radius 2 is 1.92 bits per heavy atom. The minimum absolute atomic E-state index is 0.172. The first-order valence-corrected chi connectivity index (χ1v) is 7.44. The van der Waals surface area contributed by atoms with E-state index in [2.05, 4.69) is 5.32 Å². The summed E-state index contributed by atoms with van der Waals surface area (Å²) in [5.74, 6) is -0.915. The van der Waals surface area contributed by atoms with Crippen molar-refractivity contribution in [1.29, 1.82) is 0 Å². The highest BCUT2D eigenvalue weighted by atomic mass is 16.6. The fraction of sp³-hybridized carbons (Fsp3) is 0.500. The van der Waals surface area contributed by atoms with Crippen LogP contribution < -0.4 is 10.2 Å². The Balaban J connectivity index is 3.18. The zero-order valence-corrected chi connectivity index (χ0v) is 14.7. The molecule has 1 amide bonds. The lowest BCUT2D eigenvalue weighted by molar-refractivity contribution is -0.384. The number of benzene rings is 1. The molecule has 0 aromatic heterocycles. The number of nitrogens with one attached hydrogen (secondary N) is 1. The van der Waals surface area contributed by atoms with Gasteiger partial charge in [0, 0.05) is 25.7 Å². The average molecular weight is 337 g/mol. The Labute approximate surface area is 140 Å². The lowest BCUT2D eigenvalue weighted by Gasteiger charge is -2.28. The molecule has 0 aliphatic heterocycles. The van der Waals surface area contributed by atoms with Crippen molar-refractivity contribution >= 4 is 23.3 Å². The van der Waals surface area contributed by atoms with Gasteiger partial charge in [-0.3, -0.25) is 14.9 Å². The van der Waals surface area contributed by atoms with Crippen LogP contribution in [0.15, 0.2) is 18.2 Å². The maximum absolute atomic E-state index is 12.2. The molecule has 0 spiro atoms. The summed E-state index contributed by atoms with van der Waals surface area (Å²) in [7, 11) is 3.01. The third-order valence-corrected chi connectivity index (χ3v) is 3.37. The highest BCUT2D eigenvalue weighted by molar-refractivity contribution is 5.95. The number of nitro benzene ring substituents is 1. The predicted molar refractivity (Wildman–Crippen MR) is 90.2 cm³/mol. The van der Waals surface area contributed by atoms with Gasteiger partial charge in [-0.2, -0.15) is 0 Å². The van der Waals surface area contributed by atoms with E-state index in [1.54, 1.807) is 34.7 Å². The number of esters is 1. The van der Waals surface area contributed by atoms with Crippen molar-refractivity contribution in [3.05, 3.63) is 33.9 Å². The summed E-state index contributed by atoms with van der Waals surface area (Å²) in [5, 5.41) is 13.8. The van der Waals surface area contributed by atoms with Gasteiger partial charge in [-0.1, -0.05) is 0 Å². The summed E-state index contributed by atoms with van der Waals surface area (Å²) < 4.78 is 5.31. The third-order valence-electron chi connectivity index (χ3n) is 3.37. The molecule has 0 unspecified atom stereocenters. The van der Waals surface area contributed by atoms with Crippen LogP contribution in [0.5, 0.6) is 0 Å². The van der Waals surface area contributed by atoms with E-state index in [1.165, 1.54) is 30.1 Å². The smallest absolute Gasteiger partial charge is 0.328 e. The van der Waals surface area contributed by atoms with Crippen LogP contribution in [0, 0.1) is 10.1 Å². The molecular weight excluding hydrogens is 314 g/mol. The van der Waals surface area contributed by atoms with E-state index in [0.29, 0.717) is 0 Å². The molecule has 0 aliphatic rings. The van der Waals surface area contributed by atoms with Crippen LogP contribution in [0.3, 0.4) is 0 Å². The van der Waals surface area contributed by atoms with Crippen LogP contribution in [-0.2, 0) is 9.53 Å². The molecule has 0 saturated carbocycles. The van der Waals surface area contributed by atoms with Crippen molar-refractivity contribution in [2.45, 2.75) is 39.3 Å². The van der Waals surface area contributed by atoms with Crippen LogP contribution in [0.1, 0.15) is 38.1 Å². The Morgan fingerprint density at radius 1 is 1.33 bits per heavy atom. The molecule has 24 heavy (non-hydrogen) atoms. The Bertz CT molecular complexity index is 652. The van der Waals surface area contributed by atoms with E-state index < -0.39 is 28.4 Å². The summed E-state index contributed by atoms with van der Waals surface area (Å²) in [6, 6.07) is 3.38. The monoisotopic (exact) mass is 337 g/mol. The molecule has 0 heterocycles. The molecule has 1 atom stereocenters. The van der Waals surface area contributed by atoms with E-state index in [9.17, 15) is 19.7 Å². The molecule has 0 radical (unpaired) electrons. The van der Waals surface area contributed by atoms with Gasteiger partial charge in [-0.05, 0) is 39.8 Å². The van der Waals surface area contributed by atoms with Crippen molar-refractivity contribution in [2.24, 2.45) is 0 Å². The molecule has 8 nitrogen and oxygen atoms in total. The second-order valence-electron chi connectivity index (χ2n) is 6.36. The number of ether oxygens (including phenoxy) is 1. The zero-order chi connectivity index (χ0) is 18.7. The van der Waals surface area contributed by atoms with E-state index in [1.807, 2.05) is 0 Å². The van der Waals surface area contributed by atoms with E-state index in [0.717, 1.165) is 0 Å². The lowest BCUT2D eigenvalue weighted by atomic mass is 10.1. The fourth-order valence-corrected chi connectivity index (χ4v) is 2.01. The van der Waals surface area contributed by atoms with Crippen LogP contribution in [0.25, 0.3) is 0 Å². The van der Waals surface area contributed by atoms with Crippen LogP contribution in [-0.4, -0.2) is 42.5 Å². The first kappa shape index (κ1) is 19.4. The number of likely N-dealkylation sites (N-methyl/N-ethyl adjacent to an activating group) is 1. The van der Waals surface area contributed by atoms with Crippen LogP contribution in [0.2, 0.25) is 0 Å². The van der Waals surface area contributed by atoms with Gasteiger partial charge in [-0.15, -0.1) is 0 Å². The summed E-state index contributed by atoms with van der Waals surface area (Å²) >= 11 is 0. The normalized spacial score (nSPS) is 12.2. The molecule has 0 fully saturated rings. The van der Waals surface area contributed by atoms with Crippen molar-refractivity contribution in [1.82, 2.24) is 5.32 Å². The minimum atomic E-state index is -0.728. The van der Waals surface area contributed by atoms with Crippen molar-refractivity contribution in [3.63, 3.8) is 0 Å². The number of anilines is 1. The zero-order valence-electron chi connectivity index (χ0n) is 14.7. The molecule has 1 aromatic rings. The fourth-order valence-electron chi connectivity index (χ4n) is 2.01. The van der Waals surface area contributed by atoms with E-state index in [-0.39, 0.29) is 16.9 Å². The number of amides is 1. The molecule has 1 rings (SSSR count). The van der Waals surface area contributed by atoms with E-state index >= 15 is 0 Å². The number of carbonyl (C=O) groups is 2. The van der Waals surface area contributed by atoms with Gasteiger partial charge in [0.05, 0.1) is 4.92 Å². The minimum Gasteiger partial charge on any atom is -0.458 e. The summed E-state index contributed by atoms with van der Waals surface area (Å²) in [6.07, 6.45) is 0. The highest BCUT2D eigenvalue weighted by Gasteiger charge is 2.29. The highest BCUT2D eigenvalue weighted by Crippen LogP contribution is 2.30. The number of carbonyl (C=O) groups excluding carboxylic acids is 2. The SMILES string of the molecule is CNC(=O)c1ccc(N(C)[C@H](C)C(=O)OC(C)(C)C)c([N+](=O)[O-])c1. The predicted octanol–water partition coefficient (Wildman–Crippen LogP) is 2.12. The number of hydrogen-bond acceptors (Lipinski definition) is 6. The molecule has 0 aliphatic carbocycles. The largest absolute Gasteiger partial charge is 0.458 e. The molecule has 8 heteroatoms. The van der Waals surface area contributed by atoms with Crippen molar-refractivity contribution in [2.75, 3.05) is 19.0 Å². The first-order chi connectivity index (χ1) is 11.0. The second-order valence-corrected chi connectivity index (χ2v) is 6.36. The second kappa shape index (κ2) is 7.29. The summed E-state index contributed by atoms with van der Waals surface area (Å²) in [4.78, 5) is 36.0. The van der Waals surface area contributed by atoms with Crippen LogP contribution in [0.4, 0.5) is 11.4 Å². The van der Waals surface area contributed by atoms with Gasteiger partial charge in [0.2, 0.25) is 0 Å². The maximum atomic E-state index is 12.2. The van der Waals surface area contributed by atoms with Gasteiger partial charge < -0.3 is 15.0 Å². The van der Waals surface area contributed by atoms with Crippen molar-refractivity contribution in [3.8, 4) is 0 Å². The topological polar surface area (TPSA) is 102 Å². The number of rotatable bonds is 5. The third kappa shape index (κ3) is 4.68. The van der Waals surface area contributed by atoms with Crippen LogP contribution >= 0.6 is 0 Å². The Kier molecular flexibility index (Phi) is 5.89. The Morgan fingerprint density at radius 3 is 2.38 bits per heavy atom. The molecule has 1 aromatic carbocycles. The summed E-state index contributed by atoms with van der Waals surface area (Å²) in [6.45, 7) is 6.85.